The van der Waals surface area contributed by atoms with E-state index in [9.17, 15) is 13.2 Å². The van der Waals surface area contributed by atoms with Crippen molar-refractivity contribution in [1.29, 1.82) is 0 Å². The van der Waals surface area contributed by atoms with Gasteiger partial charge in [0.25, 0.3) is 15.9 Å². The van der Waals surface area contributed by atoms with E-state index in [1.807, 2.05) is 0 Å². The largest absolute Gasteiger partial charge is 0.497 e. The van der Waals surface area contributed by atoms with E-state index in [0.29, 0.717) is 17.2 Å². The lowest BCUT2D eigenvalue weighted by Gasteiger charge is -2.25. The van der Waals surface area contributed by atoms with Crippen LogP contribution in [0.5, 0.6) is 11.5 Å². The molecule has 2 rings (SSSR count). The SMILES string of the molecule is COc1ccc(S(=O)(=O)N(CC(=O)NN=C(C)C)c2ccccc2OC)cc1. The molecule has 0 aliphatic carbocycles. The van der Waals surface area contributed by atoms with Crippen molar-refractivity contribution >= 4 is 27.3 Å². The summed E-state index contributed by atoms with van der Waals surface area (Å²) in [5.74, 6) is 0.264. The Hall–Kier alpha value is -3.07. The molecule has 0 spiro atoms. The third-order valence-electron chi connectivity index (χ3n) is 3.69. The van der Waals surface area contributed by atoms with Crippen LogP contribution < -0.4 is 19.2 Å². The fourth-order valence-corrected chi connectivity index (χ4v) is 3.78. The molecule has 1 N–H and O–H groups in total. The van der Waals surface area contributed by atoms with Crippen LogP contribution in [-0.2, 0) is 14.8 Å². The summed E-state index contributed by atoms with van der Waals surface area (Å²) in [6.45, 7) is 2.96. The maximum atomic E-state index is 13.3. The van der Waals surface area contributed by atoms with Crippen molar-refractivity contribution in [3.63, 3.8) is 0 Å². The topological polar surface area (TPSA) is 97.3 Å². The minimum absolute atomic E-state index is 0.0159. The first-order chi connectivity index (χ1) is 13.3. The third-order valence-corrected chi connectivity index (χ3v) is 5.47. The van der Waals surface area contributed by atoms with Gasteiger partial charge in [-0.15, -0.1) is 0 Å². The van der Waals surface area contributed by atoms with Crippen molar-refractivity contribution in [3.8, 4) is 11.5 Å². The van der Waals surface area contributed by atoms with Crippen LogP contribution in [0, 0.1) is 0 Å². The van der Waals surface area contributed by atoms with Gasteiger partial charge in [0.05, 0.1) is 24.8 Å². The number of methoxy groups -OCH3 is 2. The van der Waals surface area contributed by atoms with Crippen LogP contribution in [0.25, 0.3) is 0 Å². The molecule has 28 heavy (non-hydrogen) atoms. The number of benzene rings is 2. The van der Waals surface area contributed by atoms with Gasteiger partial charge in [-0.25, -0.2) is 13.8 Å². The monoisotopic (exact) mass is 405 g/mol. The summed E-state index contributed by atoms with van der Waals surface area (Å²) in [4.78, 5) is 12.3. The minimum Gasteiger partial charge on any atom is -0.497 e. The van der Waals surface area contributed by atoms with Gasteiger partial charge in [-0.3, -0.25) is 9.10 Å². The van der Waals surface area contributed by atoms with Gasteiger partial charge in [0, 0.05) is 5.71 Å². The number of anilines is 1. The van der Waals surface area contributed by atoms with Gasteiger partial charge in [0.15, 0.2) is 0 Å². The van der Waals surface area contributed by atoms with Gasteiger partial charge in [0.2, 0.25) is 0 Å². The van der Waals surface area contributed by atoms with Crippen LogP contribution in [0.4, 0.5) is 5.69 Å². The molecule has 8 nitrogen and oxygen atoms in total. The maximum absolute atomic E-state index is 13.3. The summed E-state index contributed by atoms with van der Waals surface area (Å²) in [7, 11) is -1.13. The second-order valence-corrected chi connectivity index (χ2v) is 7.82. The lowest BCUT2D eigenvalue weighted by atomic mass is 10.3. The Balaban J connectivity index is 2.49. The molecule has 0 aliphatic heterocycles. The highest BCUT2D eigenvalue weighted by Gasteiger charge is 2.29. The van der Waals surface area contributed by atoms with Crippen molar-refractivity contribution in [3.05, 3.63) is 48.5 Å². The molecule has 0 fully saturated rings. The number of carbonyl (C=O) groups excluding carboxylic acids is 1. The minimum atomic E-state index is -4.06. The van der Waals surface area contributed by atoms with E-state index in [4.69, 9.17) is 9.47 Å². The van der Waals surface area contributed by atoms with E-state index >= 15 is 0 Å². The lowest BCUT2D eigenvalue weighted by Crippen LogP contribution is -2.39. The molecule has 0 heterocycles. The van der Waals surface area contributed by atoms with E-state index in [1.165, 1.54) is 38.5 Å². The highest BCUT2D eigenvalue weighted by molar-refractivity contribution is 7.92. The van der Waals surface area contributed by atoms with E-state index < -0.39 is 22.5 Å². The Bertz CT molecular complexity index is 952. The molecule has 150 valence electrons. The second kappa shape index (κ2) is 9.23. The van der Waals surface area contributed by atoms with Gasteiger partial charge < -0.3 is 9.47 Å². The molecule has 0 radical (unpaired) electrons. The third kappa shape index (κ3) is 5.01. The average molecular weight is 405 g/mol. The predicted molar refractivity (Wildman–Crippen MR) is 107 cm³/mol. The number of amides is 1. The fourth-order valence-electron chi connectivity index (χ4n) is 2.35. The molecule has 2 aromatic carbocycles. The van der Waals surface area contributed by atoms with Gasteiger partial charge in [-0.2, -0.15) is 5.10 Å². The van der Waals surface area contributed by atoms with Crippen molar-refractivity contribution in [2.45, 2.75) is 18.7 Å². The zero-order valence-corrected chi connectivity index (χ0v) is 17.0. The number of ether oxygens (including phenoxy) is 2. The predicted octanol–water partition coefficient (Wildman–Crippen LogP) is 2.41. The lowest BCUT2D eigenvalue weighted by molar-refractivity contribution is -0.119. The van der Waals surface area contributed by atoms with Crippen LogP contribution >= 0.6 is 0 Å². The molecular weight excluding hydrogens is 382 g/mol. The molecule has 0 bridgehead atoms. The summed E-state index contributed by atoms with van der Waals surface area (Å²) in [6.07, 6.45) is 0. The fraction of sp³-hybridized carbons (Fsp3) is 0.263. The standard InChI is InChI=1S/C19H23N3O5S/c1-14(2)20-21-19(23)13-22(17-7-5-6-8-18(17)27-4)28(24,25)16-11-9-15(26-3)10-12-16/h5-12H,13H2,1-4H3,(H,21,23). The van der Waals surface area contributed by atoms with Crippen LogP contribution in [-0.4, -0.2) is 40.8 Å². The van der Waals surface area contributed by atoms with Gasteiger partial charge in [-0.05, 0) is 50.2 Å². The first-order valence-corrected chi connectivity index (χ1v) is 9.83. The van der Waals surface area contributed by atoms with Crippen molar-refractivity contribution < 1.29 is 22.7 Å². The number of nitrogens with one attached hydrogen (secondary N) is 1. The molecule has 0 saturated carbocycles. The molecule has 0 aliphatic rings. The van der Waals surface area contributed by atoms with E-state index in [-0.39, 0.29) is 10.6 Å². The molecular formula is C19H23N3O5S. The van der Waals surface area contributed by atoms with Crippen LogP contribution in [0.1, 0.15) is 13.8 Å². The summed E-state index contributed by atoms with van der Waals surface area (Å²) in [5.41, 5.74) is 3.22. The summed E-state index contributed by atoms with van der Waals surface area (Å²) < 4.78 is 37.9. The number of carbonyl (C=O) groups is 1. The number of rotatable bonds is 8. The maximum Gasteiger partial charge on any atom is 0.264 e. The van der Waals surface area contributed by atoms with Gasteiger partial charge >= 0.3 is 0 Å². The first kappa shape index (κ1) is 21.2. The molecule has 9 heteroatoms. The second-order valence-electron chi connectivity index (χ2n) is 5.95. The smallest absolute Gasteiger partial charge is 0.264 e. The van der Waals surface area contributed by atoms with Crippen molar-refractivity contribution in [2.24, 2.45) is 5.10 Å². The van der Waals surface area contributed by atoms with Gasteiger partial charge in [-0.1, -0.05) is 12.1 Å². The summed E-state index contributed by atoms with van der Waals surface area (Å²) in [6, 6.07) is 12.5. The van der Waals surface area contributed by atoms with E-state index in [2.05, 4.69) is 10.5 Å². The summed E-state index contributed by atoms with van der Waals surface area (Å²) >= 11 is 0. The highest BCUT2D eigenvalue weighted by atomic mass is 32.2. The van der Waals surface area contributed by atoms with Crippen molar-refractivity contribution in [2.75, 3.05) is 25.1 Å². The molecule has 0 saturated heterocycles. The molecule has 0 unspecified atom stereocenters. The molecule has 0 aromatic heterocycles. The summed E-state index contributed by atoms with van der Waals surface area (Å²) in [5, 5.41) is 3.84. The van der Waals surface area contributed by atoms with E-state index in [0.717, 1.165) is 4.31 Å². The molecule has 2 aromatic rings. The van der Waals surface area contributed by atoms with Gasteiger partial charge in [0.1, 0.15) is 18.0 Å². The Morgan fingerprint density at radius 1 is 1.04 bits per heavy atom. The number of hydrazone groups is 1. The zero-order chi connectivity index (χ0) is 20.7. The highest BCUT2D eigenvalue weighted by Crippen LogP contribution is 2.32. The number of sulfonamides is 1. The Kier molecular flexibility index (Phi) is 7.00. The number of hydrogen-bond donors (Lipinski definition) is 1. The number of hydrogen-bond acceptors (Lipinski definition) is 6. The molecule has 0 atom stereocenters. The number of nitrogens with zero attached hydrogens (tertiary/aromatic N) is 2. The zero-order valence-electron chi connectivity index (χ0n) is 16.2. The normalized spacial score (nSPS) is 10.7. The van der Waals surface area contributed by atoms with Crippen LogP contribution in [0.15, 0.2) is 58.5 Å². The Morgan fingerprint density at radius 3 is 2.25 bits per heavy atom. The Labute approximate surface area is 164 Å². The van der Waals surface area contributed by atoms with Crippen LogP contribution in [0.2, 0.25) is 0 Å². The van der Waals surface area contributed by atoms with E-state index in [1.54, 1.807) is 38.1 Å². The molecule has 1 amide bonds. The average Bonchev–Trinajstić information content (AvgIpc) is 2.70. The quantitative estimate of drug-likeness (QED) is 0.537. The first-order valence-electron chi connectivity index (χ1n) is 8.39. The number of para-hydroxylation sites is 2. The Morgan fingerprint density at radius 2 is 1.68 bits per heavy atom. The van der Waals surface area contributed by atoms with Crippen LogP contribution in [0.3, 0.4) is 0 Å². The van der Waals surface area contributed by atoms with Crippen molar-refractivity contribution in [1.82, 2.24) is 5.43 Å².